The molecule has 1 saturated carbocycles. The number of hydrogen-bond acceptors (Lipinski definition) is 3. The maximum Gasteiger partial charge on any atom is 0.270 e. The highest BCUT2D eigenvalue weighted by molar-refractivity contribution is 5.85. The van der Waals surface area contributed by atoms with Crippen LogP contribution in [0.25, 0.3) is 10.9 Å². The van der Waals surface area contributed by atoms with Crippen molar-refractivity contribution in [2.45, 2.75) is 32.2 Å². The van der Waals surface area contributed by atoms with Crippen LogP contribution in [0.1, 0.15) is 31.2 Å². The number of pyridine rings is 1. The van der Waals surface area contributed by atoms with Gasteiger partial charge < -0.3 is 4.57 Å². The monoisotopic (exact) mass is 258 g/mol. The molecule has 1 aromatic heterocycles. The lowest BCUT2D eigenvalue weighted by Gasteiger charge is -2.11. The summed E-state index contributed by atoms with van der Waals surface area (Å²) in [6.45, 7) is 2.47. The van der Waals surface area contributed by atoms with Crippen LogP contribution in [0.2, 0.25) is 0 Å². The number of rotatable bonds is 3. The Kier molecular flexibility index (Phi) is 2.62. The van der Waals surface area contributed by atoms with Gasteiger partial charge in [0.25, 0.3) is 11.2 Å². The van der Waals surface area contributed by atoms with Crippen molar-refractivity contribution >= 4 is 16.6 Å². The molecule has 0 aliphatic heterocycles. The van der Waals surface area contributed by atoms with E-state index in [1.54, 1.807) is 22.8 Å². The van der Waals surface area contributed by atoms with Crippen LogP contribution in [0.4, 0.5) is 5.69 Å². The topological polar surface area (TPSA) is 65.1 Å². The van der Waals surface area contributed by atoms with Gasteiger partial charge >= 0.3 is 0 Å². The molecule has 2 aromatic rings. The highest BCUT2D eigenvalue weighted by Crippen LogP contribution is 2.43. The molecule has 5 nitrogen and oxygen atoms in total. The summed E-state index contributed by atoms with van der Waals surface area (Å²) < 4.78 is 1.66. The van der Waals surface area contributed by atoms with Crippen molar-refractivity contribution in [3.05, 3.63) is 50.3 Å². The van der Waals surface area contributed by atoms with Gasteiger partial charge in [-0.15, -0.1) is 0 Å². The SMILES string of the molecule is CCn1c(=O)cc(C2CC2)c2cc([N+](=O)[O-])ccc21. The van der Waals surface area contributed by atoms with Crippen molar-refractivity contribution in [2.24, 2.45) is 0 Å². The van der Waals surface area contributed by atoms with Gasteiger partial charge in [0, 0.05) is 30.1 Å². The minimum atomic E-state index is -0.391. The third-order valence-corrected chi connectivity index (χ3v) is 3.67. The zero-order valence-corrected chi connectivity index (χ0v) is 10.6. The minimum absolute atomic E-state index is 0.0225. The van der Waals surface area contributed by atoms with Crippen LogP contribution in [-0.4, -0.2) is 9.49 Å². The van der Waals surface area contributed by atoms with Gasteiger partial charge in [0.1, 0.15) is 0 Å². The molecular weight excluding hydrogens is 244 g/mol. The van der Waals surface area contributed by atoms with Crippen molar-refractivity contribution in [3.63, 3.8) is 0 Å². The van der Waals surface area contributed by atoms with E-state index in [0.717, 1.165) is 29.3 Å². The van der Waals surface area contributed by atoms with Crippen molar-refractivity contribution < 1.29 is 4.92 Å². The number of non-ortho nitro benzene ring substituents is 1. The van der Waals surface area contributed by atoms with Crippen molar-refractivity contribution in [1.82, 2.24) is 4.57 Å². The summed E-state index contributed by atoms with van der Waals surface area (Å²) in [7, 11) is 0. The molecule has 3 rings (SSSR count). The molecule has 0 radical (unpaired) electrons. The molecule has 0 saturated heterocycles. The maximum absolute atomic E-state index is 12.1. The average molecular weight is 258 g/mol. The van der Waals surface area contributed by atoms with Gasteiger partial charge in [-0.25, -0.2) is 0 Å². The molecule has 1 aromatic carbocycles. The quantitative estimate of drug-likeness (QED) is 0.628. The minimum Gasteiger partial charge on any atom is -0.309 e. The van der Waals surface area contributed by atoms with Gasteiger partial charge in [-0.2, -0.15) is 0 Å². The number of nitro benzene ring substituents is 1. The van der Waals surface area contributed by atoms with Gasteiger partial charge in [0.15, 0.2) is 0 Å². The van der Waals surface area contributed by atoms with Crippen molar-refractivity contribution in [3.8, 4) is 0 Å². The van der Waals surface area contributed by atoms with Crippen LogP contribution < -0.4 is 5.56 Å². The second kappa shape index (κ2) is 4.19. The van der Waals surface area contributed by atoms with Crippen LogP contribution in [0.5, 0.6) is 0 Å². The summed E-state index contributed by atoms with van der Waals surface area (Å²) in [6, 6.07) is 6.39. The Morgan fingerprint density at radius 2 is 2.11 bits per heavy atom. The van der Waals surface area contributed by atoms with Gasteiger partial charge in [-0.3, -0.25) is 14.9 Å². The Morgan fingerprint density at radius 3 is 2.68 bits per heavy atom. The molecule has 0 atom stereocenters. The number of benzene rings is 1. The smallest absolute Gasteiger partial charge is 0.270 e. The lowest BCUT2D eigenvalue weighted by molar-refractivity contribution is -0.384. The summed E-state index contributed by atoms with van der Waals surface area (Å²) in [5, 5.41) is 11.7. The fourth-order valence-corrected chi connectivity index (χ4v) is 2.57. The first-order chi connectivity index (χ1) is 9.11. The number of nitrogens with zero attached hydrogens (tertiary/aromatic N) is 2. The molecule has 1 aliphatic carbocycles. The molecule has 0 N–H and O–H groups in total. The highest BCUT2D eigenvalue weighted by atomic mass is 16.6. The van der Waals surface area contributed by atoms with Crippen LogP contribution in [0.3, 0.4) is 0 Å². The summed E-state index contributed by atoms with van der Waals surface area (Å²) in [6.07, 6.45) is 2.13. The van der Waals surface area contributed by atoms with E-state index in [-0.39, 0.29) is 11.2 Å². The zero-order chi connectivity index (χ0) is 13.6. The highest BCUT2D eigenvalue weighted by Gasteiger charge is 2.27. The number of aryl methyl sites for hydroxylation is 1. The van der Waals surface area contributed by atoms with Gasteiger partial charge in [0.05, 0.1) is 10.4 Å². The molecule has 1 heterocycles. The van der Waals surface area contributed by atoms with Gasteiger partial charge in [-0.05, 0) is 37.3 Å². The standard InChI is InChI=1S/C14H14N2O3/c1-2-15-13-6-5-10(16(18)19)7-12(13)11(8-14(15)17)9-3-4-9/h5-9H,2-4H2,1H3. The largest absolute Gasteiger partial charge is 0.309 e. The van der Waals surface area contributed by atoms with Gasteiger partial charge in [0.2, 0.25) is 0 Å². The van der Waals surface area contributed by atoms with E-state index < -0.39 is 4.92 Å². The Morgan fingerprint density at radius 1 is 1.37 bits per heavy atom. The molecule has 19 heavy (non-hydrogen) atoms. The van der Waals surface area contributed by atoms with E-state index >= 15 is 0 Å². The molecule has 0 amide bonds. The predicted molar refractivity (Wildman–Crippen MR) is 72.5 cm³/mol. The lowest BCUT2D eigenvalue weighted by atomic mass is 10.0. The van der Waals surface area contributed by atoms with E-state index in [1.807, 2.05) is 6.92 Å². The Balaban J connectivity index is 2.37. The van der Waals surface area contributed by atoms with Crippen LogP contribution >= 0.6 is 0 Å². The average Bonchev–Trinajstić information content (AvgIpc) is 3.21. The van der Waals surface area contributed by atoms with Crippen LogP contribution in [0, 0.1) is 10.1 Å². The van der Waals surface area contributed by atoms with E-state index in [2.05, 4.69) is 0 Å². The van der Waals surface area contributed by atoms with E-state index in [4.69, 9.17) is 0 Å². The molecule has 98 valence electrons. The summed E-state index contributed by atoms with van der Waals surface area (Å²) in [4.78, 5) is 22.6. The summed E-state index contributed by atoms with van der Waals surface area (Å²) >= 11 is 0. The molecule has 1 fully saturated rings. The van der Waals surface area contributed by atoms with Crippen LogP contribution in [-0.2, 0) is 6.54 Å². The molecular formula is C14H14N2O3. The van der Waals surface area contributed by atoms with E-state index in [1.165, 1.54) is 6.07 Å². The normalized spacial score (nSPS) is 14.8. The maximum atomic E-state index is 12.1. The predicted octanol–water partition coefficient (Wildman–Crippen LogP) is 2.81. The lowest BCUT2D eigenvalue weighted by Crippen LogP contribution is -2.19. The molecule has 0 bridgehead atoms. The number of fused-ring (bicyclic) bond motifs is 1. The fraction of sp³-hybridized carbons (Fsp3) is 0.357. The summed E-state index contributed by atoms with van der Waals surface area (Å²) in [5.74, 6) is 0.392. The third-order valence-electron chi connectivity index (χ3n) is 3.67. The van der Waals surface area contributed by atoms with E-state index in [9.17, 15) is 14.9 Å². The third kappa shape index (κ3) is 1.91. The molecule has 1 aliphatic rings. The Labute approximate surface area is 109 Å². The first-order valence-electron chi connectivity index (χ1n) is 6.43. The van der Waals surface area contributed by atoms with Crippen molar-refractivity contribution in [2.75, 3.05) is 0 Å². The second-order valence-electron chi connectivity index (χ2n) is 4.92. The molecule has 0 spiro atoms. The fourth-order valence-electron chi connectivity index (χ4n) is 2.57. The Bertz CT molecular complexity index is 729. The first-order valence-corrected chi connectivity index (χ1v) is 6.43. The van der Waals surface area contributed by atoms with Crippen molar-refractivity contribution in [1.29, 1.82) is 0 Å². The summed E-state index contributed by atoms with van der Waals surface area (Å²) in [5.41, 5.74) is 1.82. The number of aromatic nitrogens is 1. The molecule has 5 heteroatoms. The number of nitro groups is 1. The first kappa shape index (κ1) is 11.9. The van der Waals surface area contributed by atoms with Crippen LogP contribution in [0.15, 0.2) is 29.1 Å². The number of hydrogen-bond donors (Lipinski definition) is 0. The van der Waals surface area contributed by atoms with Gasteiger partial charge in [-0.1, -0.05) is 0 Å². The second-order valence-corrected chi connectivity index (χ2v) is 4.92. The Hall–Kier alpha value is -2.17. The van der Waals surface area contributed by atoms with E-state index in [0.29, 0.717) is 12.5 Å². The molecule has 0 unspecified atom stereocenters. The zero-order valence-electron chi connectivity index (χ0n) is 10.6.